The molecule has 16 heavy (non-hydrogen) atoms. The van der Waals surface area contributed by atoms with Crippen molar-refractivity contribution in [2.24, 2.45) is 0 Å². The summed E-state index contributed by atoms with van der Waals surface area (Å²) in [6.45, 7) is 0. The largest absolute Gasteiger partial charge is 0.481 e. The van der Waals surface area contributed by atoms with Gasteiger partial charge in [-0.15, -0.1) is 0 Å². The van der Waals surface area contributed by atoms with E-state index >= 15 is 0 Å². The van der Waals surface area contributed by atoms with E-state index < -0.39 is 0 Å². The Balaban J connectivity index is 2.34. The second kappa shape index (κ2) is 4.61. The molecule has 0 unspecified atom stereocenters. The van der Waals surface area contributed by atoms with Crippen molar-refractivity contribution in [2.75, 3.05) is 19.5 Å². The lowest BCUT2D eigenvalue weighted by Crippen LogP contribution is -1.91. The van der Waals surface area contributed by atoms with Crippen LogP contribution >= 0.6 is 0 Å². The van der Waals surface area contributed by atoms with Crippen molar-refractivity contribution in [3.05, 3.63) is 36.7 Å². The van der Waals surface area contributed by atoms with E-state index in [1.54, 1.807) is 19.5 Å². The molecular weight excluding hydrogens is 202 g/mol. The van der Waals surface area contributed by atoms with Crippen molar-refractivity contribution in [1.82, 2.24) is 9.97 Å². The van der Waals surface area contributed by atoms with Crippen LogP contribution in [0.25, 0.3) is 11.3 Å². The Morgan fingerprint density at radius 3 is 2.69 bits per heavy atom. The molecule has 0 saturated heterocycles. The maximum Gasteiger partial charge on any atom is 0.212 e. The van der Waals surface area contributed by atoms with E-state index in [1.165, 1.54) is 0 Å². The smallest absolute Gasteiger partial charge is 0.212 e. The average Bonchev–Trinajstić information content (AvgIpc) is 2.39. The predicted molar refractivity (Wildman–Crippen MR) is 63.6 cm³/mol. The van der Waals surface area contributed by atoms with Crippen molar-refractivity contribution in [1.29, 1.82) is 0 Å². The van der Waals surface area contributed by atoms with Gasteiger partial charge in [0.25, 0.3) is 0 Å². The summed E-state index contributed by atoms with van der Waals surface area (Å²) in [5.41, 5.74) is 2.89. The van der Waals surface area contributed by atoms with Gasteiger partial charge in [0.05, 0.1) is 12.8 Å². The fraction of sp³-hybridized carbons (Fsp3) is 0.167. The van der Waals surface area contributed by atoms with E-state index in [1.807, 2.05) is 31.3 Å². The van der Waals surface area contributed by atoms with Crippen molar-refractivity contribution in [3.63, 3.8) is 0 Å². The second-order valence-electron chi connectivity index (χ2n) is 3.27. The third-order valence-corrected chi connectivity index (χ3v) is 2.29. The van der Waals surface area contributed by atoms with Gasteiger partial charge < -0.3 is 10.1 Å². The first-order valence-corrected chi connectivity index (χ1v) is 4.97. The van der Waals surface area contributed by atoms with Crippen LogP contribution in [0, 0.1) is 0 Å². The third-order valence-electron chi connectivity index (χ3n) is 2.29. The van der Waals surface area contributed by atoms with Gasteiger partial charge in [-0.1, -0.05) is 0 Å². The molecule has 2 aromatic rings. The van der Waals surface area contributed by atoms with Crippen LogP contribution < -0.4 is 10.1 Å². The highest BCUT2D eigenvalue weighted by atomic mass is 16.5. The van der Waals surface area contributed by atoms with E-state index in [2.05, 4.69) is 15.3 Å². The molecule has 0 aliphatic heterocycles. The molecule has 82 valence electrons. The molecule has 0 bridgehead atoms. The van der Waals surface area contributed by atoms with Crippen LogP contribution in [0.1, 0.15) is 0 Å². The van der Waals surface area contributed by atoms with Gasteiger partial charge in [-0.3, -0.25) is 4.98 Å². The highest BCUT2D eigenvalue weighted by Crippen LogP contribution is 2.20. The number of hydrogen-bond acceptors (Lipinski definition) is 4. The van der Waals surface area contributed by atoms with Gasteiger partial charge in [-0.05, 0) is 18.2 Å². The zero-order valence-electron chi connectivity index (χ0n) is 9.27. The molecule has 0 spiro atoms. The van der Waals surface area contributed by atoms with Crippen LogP contribution in [-0.4, -0.2) is 24.1 Å². The number of rotatable bonds is 3. The number of aromatic nitrogens is 2. The first-order valence-electron chi connectivity index (χ1n) is 4.97. The Kier molecular flexibility index (Phi) is 3.00. The average molecular weight is 215 g/mol. The summed E-state index contributed by atoms with van der Waals surface area (Å²) in [5, 5.41) is 3.07. The molecule has 4 nitrogen and oxygen atoms in total. The van der Waals surface area contributed by atoms with Crippen LogP contribution in [0.4, 0.5) is 5.69 Å². The van der Waals surface area contributed by atoms with Crippen LogP contribution in [-0.2, 0) is 0 Å². The summed E-state index contributed by atoms with van der Waals surface area (Å²) in [6, 6.07) is 7.65. The van der Waals surface area contributed by atoms with Gasteiger partial charge in [0.1, 0.15) is 0 Å². The molecule has 2 heterocycles. The Hall–Kier alpha value is -2.10. The van der Waals surface area contributed by atoms with E-state index in [0.29, 0.717) is 5.88 Å². The number of pyridine rings is 2. The van der Waals surface area contributed by atoms with Gasteiger partial charge in [0.15, 0.2) is 0 Å². The molecule has 0 aliphatic rings. The van der Waals surface area contributed by atoms with E-state index in [0.717, 1.165) is 16.9 Å². The Morgan fingerprint density at radius 1 is 1.19 bits per heavy atom. The van der Waals surface area contributed by atoms with Gasteiger partial charge in [0.2, 0.25) is 5.88 Å². The lowest BCUT2D eigenvalue weighted by molar-refractivity contribution is 0.398. The molecule has 2 rings (SSSR count). The highest BCUT2D eigenvalue weighted by molar-refractivity contribution is 5.63. The van der Waals surface area contributed by atoms with Crippen molar-refractivity contribution < 1.29 is 4.74 Å². The summed E-state index contributed by atoms with van der Waals surface area (Å²) in [7, 11) is 3.48. The summed E-state index contributed by atoms with van der Waals surface area (Å²) >= 11 is 0. The number of ether oxygens (including phenoxy) is 1. The van der Waals surface area contributed by atoms with Crippen LogP contribution in [0.3, 0.4) is 0 Å². The molecule has 0 saturated carbocycles. The van der Waals surface area contributed by atoms with Crippen molar-refractivity contribution >= 4 is 5.69 Å². The Bertz CT molecular complexity index is 468. The minimum absolute atomic E-state index is 0.605. The quantitative estimate of drug-likeness (QED) is 0.852. The molecular formula is C12H13N3O. The lowest BCUT2D eigenvalue weighted by atomic mass is 10.2. The van der Waals surface area contributed by atoms with Gasteiger partial charge in [-0.2, -0.15) is 0 Å². The fourth-order valence-corrected chi connectivity index (χ4v) is 1.40. The number of methoxy groups -OCH3 is 1. The Labute approximate surface area is 94.3 Å². The third kappa shape index (κ3) is 2.11. The molecule has 2 aromatic heterocycles. The monoisotopic (exact) mass is 215 g/mol. The van der Waals surface area contributed by atoms with Gasteiger partial charge in [-0.25, -0.2) is 4.98 Å². The van der Waals surface area contributed by atoms with Gasteiger partial charge >= 0.3 is 0 Å². The first kappa shape index (κ1) is 10.4. The highest BCUT2D eigenvalue weighted by Gasteiger charge is 2.01. The standard InChI is InChI=1S/C12H13N3O/c1-13-10-5-6-14-11(7-10)9-3-4-12(16-2)15-8-9/h3-8H,1-2H3,(H,13,14). The predicted octanol–water partition coefficient (Wildman–Crippen LogP) is 2.19. The van der Waals surface area contributed by atoms with Crippen molar-refractivity contribution in [3.8, 4) is 17.1 Å². The Morgan fingerprint density at radius 2 is 2.06 bits per heavy atom. The van der Waals surface area contributed by atoms with E-state index in [9.17, 15) is 0 Å². The van der Waals surface area contributed by atoms with Gasteiger partial charge in [0, 0.05) is 36.8 Å². The molecule has 0 aromatic carbocycles. The summed E-state index contributed by atoms with van der Waals surface area (Å²) < 4.78 is 5.01. The number of nitrogens with zero attached hydrogens (tertiary/aromatic N) is 2. The molecule has 0 atom stereocenters. The molecule has 4 heteroatoms. The van der Waals surface area contributed by atoms with Crippen molar-refractivity contribution in [2.45, 2.75) is 0 Å². The minimum Gasteiger partial charge on any atom is -0.481 e. The molecule has 0 fully saturated rings. The number of anilines is 1. The summed E-state index contributed by atoms with van der Waals surface area (Å²) in [4.78, 5) is 8.44. The topological polar surface area (TPSA) is 47.0 Å². The van der Waals surface area contributed by atoms with E-state index in [4.69, 9.17) is 4.74 Å². The van der Waals surface area contributed by atoms with Crippen LogP contribution in [0.2, 0.25) is 0 Å². The van der Waals surface area contributed by atoms with Crippen LogP contribution in [0.15, 0.2) is 36.7 Å². The molecule has 0 amide bonds. The maximum absolute atomic E-state index is 5.01. The minimum atomic E-state index is 0.605. The zero-order chi connectivity index (χ0) is 11.4. The number of nitrogens with one attached hydrogen (secondary N) is 1. The fourth-order valence-electron chi connectivity index (χ4n) is 1.40. The zero-order valence-corrected chi connectivity index (χ0v) is 9.27. The summed E-state index contributed by atoms with van der Waals surface area (Å²) in [6.07, 6.45) is 3.52. The second-order valence-corrected chi connectivity index (χ2v) is 3.27. The first-order chi connectivity index (χ1) is 7.83. The van der Waals surface area contributed by atoms with Crippen LogP contribution in [0.5, 0.6) is 5.88 Å². The number of hydrogen-bond donors (Lipinski definition) is 1. The van der Waals surface area contributed by atoms with E-state index in [-0.39, 0.29) is 0 Å². The SMILES string of the molecule is CNc1ccnc(-c2ccc(OC)nc2)c1. The maximum atomic E-state index is 5.01. The lowest BCUT2D eigenvalue weighted by Gasteiger charge is -2.04. The normalized spacial score (nSPS) is 9.88. The summed E-state index contributed by atoms with van der Waals surface area (Å²) in [5.74, 6) is 0.605. The molecule has 0 radical (unpaired) electrons. The molecule has 1 N–H and O–H groups in total. The molecule has 0 aliphatic carbocycles.